The van der Waals surface area contributed by atoms with Gasteiger partial charge in [-0.2, -0.15) is 0 Å². The van der Waals surface area contributed by atoms with Crippen LogP contribution in [0.25, 0.3) is 0 Å². The Bertz CT molecular complexity index is 345. The maximum Gasteiger partial charge on any atom is 0.228 e. The van der Waals surface area contributed by atoms with E-state index >= 15 is 0 Å². The van der Waals surface area contributed by atoms with E-state index in [0.29, 0.717) is 6.42 Å². The van der Waals surface area contributed by atoms with Crippen molar-refractivity contribution in [2.45, 2.75) is 25.3 Å². The number of nitrogens with zero attached hydrogens (tertiary/aromatic N) is 2. The molecule has 1 aliphatic heterocycles. The standard InChI is InChI=1S/C12H17N3O/c13-10-4-7-15(8-5-10)12(16)9-11-3-1-2-6-14-11/h1-3,6,10H,4-5,7-9,13H2. The first-order valence-corrected chi connectivity index (χ1v) is 5.69. The molecule has 4 nitrogen and oxygen atoms in total. The molecule has 1 amide bonds. The molecule has 0 atom stereocenters. The minimum absolute atomic E-state index is 0.158. The summed E-state index contributed by atoms with van der Waals surface area (Å²) in [5, 5.41) is 0. The van der Waals surface area contributed by atoms with Crippen LogP contribution in [0.2, 0.25) is 0 Å². The summed E-state index contributed by atoms with van der Waals surface area (Å²) in [6, 6.07) is 5.90. The number of carbonyl (C=O) groups is 1. The lowest BCUT2D eigenvalue weighted by molar-refractivity contribution is -0.131. The number of hydrogen-bond donors (Lipinski definition) is 1. The Morgan fingerprint density at radius 2 is 2.19 bits per heavy atom. The Kier molecular flexibility index (Phi) is 3.51. The van der Waals surface area contributed by atoms with Crippen LogP contribution in [-0.2, 0) is 11.2 Å². The zero-order valence-corrected chi connectivity index (χ0v) is 9.30. The Labute approximate surface area is 95.5 Å². The number of pyridine rings is 1. The number of aromatic nitrogens is 1. The third-order valence-electron chi connectivity index (χ3n) is 2.95. The van der Waals surface area contributed by atoms with Gasteiger partial charge in [-0.25, -0.2) is 0 Å². The quantitative estimate of drug-likeness (QED) is 0.791. The van der Waals surface area contributed by atoms with E-state index in [9.17, 15) is 4.79 Å². The van der Waals surface area contributed by atoms with Gasteiger partial charge in [-0.15, -0.1) is 0 Å². The highest BCUT2D eigenvalue weighted by Gasteiger charge is 2.20. The minimum atomic E-state index is 0.158. The molecule has 0 saturated carbocycles. The van der Waals surface area contributed by atoms with Crippen LogP contribution in [0.3, 0.4) is 0 Å². The summed E-state index contributed by atoms with van der Waals surface area (Å²) in [7, 11) is 0. The summed E-state index contributed by atoms with van der Waals surface area (Å²) in [6.45, 7) is 1.57. The molecule has 1 aliphatic rings. The van der Waals surface area contributed by atoms with Gasteiger partial charge in [0.05, 0.1) is 6.42 Å². The molecular formula is C12H17N3O. The van der Waals surface area contributed by atoms with Gasteiger partial charge in [0, 0.05) is 31.0 Å². The van der Waals surface area contributed by atoms with E-state index in [-0.39, 0.29) is 11.9 Å². The molecule has 2 N–H and O–H groups in total. The molecule has 1 fully saturated rings. The molecule has 16 heavy (non-hydrogen) atoms. The first-order valence-electron chi connectivity index (χ1n) is 5.69. The van der Waals surface area contributed by atoms with Crippen molar-refractivity contribution in [3.8, 4) is 0 Å². The van der Waals surface area contributed by atoms with Gasteiger partial charge in [-0.3, -0.25) is 9.78 Å². The first-order chi connectivity index (χ1) is 7.75. The van der Waals surface area contributed by atoms with Crippen molar-refractivity contribution in [2.24, 2.45) is 5.73 Å². The predicted octanol–water partition coefficient (Wildman–Crippen LogP) is 0.574. The molecule has 86 valence electrons. The van der Waals surface area contributed by atoms with Crippen LogP contribution in [0, 0.1) is 0 Å². The Hall–Kier alpha value is -1.42. The zero-order valence-electron chi connectivity index (χ0n) is 9.30. The minimum Gasteiger partial charge on any atom is -0.342 e. The van der Waals surface area contributed by atoms with Gasteiger partial charge >= 0.3 is 0 Å². The van der Waals surface area contributed by atoms with Crippen LogP contribution < -0.4 is 5.73 Å². The van der Waals surface area contributed by atoms with Gasteiger partial charge in [0.1, 0.15) is 0 Å². The number of rotatable bonds is 2. The predicted molar refractivity (Wildman–Crippen MR) is 61.7 cm³/mol. The maximum absolute atomic E-state index is 11.9. The van der Waals surface area contributed by atoms with Crippen molar-refractivity contribution >= 4 is 5.91 Å². The Balaban J connectivity index is 1.89. The molecule has 2 rings (SSSR count). The van der Waals surface area contributed by atoms with E-state index in [4.69, 9.17) is 5.73 Å². The second-order valence-electron chi connectivity index (χ2n) is 4.22. The maximum atomic E-state index is 11.9. The summed E-state index contributed by atoms with van der Waals surface area (Å²) >= 11 is 0. The summed E-state index contributed by atoms with van der Waals surface area (Å²) in [6.07, 6.45) is 3.94. The van der Waals surface area contributed by atoms with E-state index in [2.05, 4.69) is 4.98 Å². The van der Waals surface area contributed by atoms with Gasteiger partial charge in [-0.1, -0.05) is 6.07 Å². The Morgan fingerprint density at radius 3 is 2.81 bits per heavy atom. The zero-order chi connectivity index (χ0) is 11.4. The van der Waals surface area contributed by atoms with Crippen molar-refractivity contribution in [3.63, 3.8) is 0 Å². The van der Waals surface area contributed by atoms with Crippen LogP contribution in [0.15, 0.2) is 24.4 Å². The van der Waals surface area contributed by atoms with E-state index in [0.717, 1.165) is 31.6 Å². The normalized spacial score (nSPS) is 17.4. The fourth-order valence-corrected chi connectivity index (χ4v) is 1.92. The molecule has 1 aromatic heterocycles. The van der Waals surface area contributed by atoms with Gasteiger partial charge < -0.3 is 10.6 Å². The third-order valence-corrected chi connectivity index (χ3v) is 2.95. The van der Waals surface area contributed by atoms with Crippen molar-refractivity contribution in [1.82, 2.24) is 9.88 Å². The summed E-state index contributed by atoms with van der Waals surface area (Å²) in [5.74, 6) is 0.158. The van der Waals surface area contributed by atoms with E-state index in [1.807, 2.05) is 23.1 Å². The average molecular weight is 219 g/mol. The Morgan fingerprint density at radius 1 is 1.44 bits per heavy atom. The molecule has 1 aromatic rings. The number of amides is 1. The molecule has 4 heteroatoms. The fourth-order valence-electron chi connectivity index (χ4n) is 1.92. The first kappa shape index (κ1) is 11.1. The highest BCUT2D eigenvalue weighted by Crippen LogP contribution is 2.09. The van der Waals surface area contributed by atoms with Gasteiger partial charge in [-0.05, 0) is 25.0 Å². The molecule has 2 heterocycles. The molecule has 0 bridgehead atoms. The average Bonchev–Trinajstić information content (AvgIpc) is 2.31. The van der Waals surface area contributed by atoms with Crippen LogP contribution >= 0.6 is 0 Å². The second kappa shape index (κ2) is 5.07. The summed E-state index contributed by atoms with van der Waals surface area (Å²) < 4.78 is 0. The van der Waals surface area contributed by atoms with Crippen LogP contribution in [0.5, 0.6) is 0 Å². The number of likely N-dealkylation sites (tertiary alicyclic amines) is 1. The van der Waals surface area contributed by atoms with Crippen molar-refractivity contribution < 1.29 is 4.79 Å². The van der Waals surface area contributed by atoms with Crippen LogP contribution in [0.4, 0.5) is 0 Å². The third kappa shape index (κ3) is 2.79. The van der Waals surface area contributed by atoms with Crippen molar-refractivity contribution in [2.75, 3.05) is 13.1 Å². The highest BCUT2D eigenvalue weighted by atomic mass is 16.2. The van der Waals surface area contributed by atoms with Crippen molar-refractivity contribution in [3.05, 3.63) is 30.1 Å². The highest BCUT2D eigenvalue weighted by molar-refractivity contribution is 5.78. The molecule has 0 unspecified atom stereocenters. The number of carbonyl (C=O) groups excluding carboxylic acids is 1. The van der Waals surface area contributed by atoms with E-state index in [1.165, 1.54) is 0 Å². The van der Waals surface area contributed by atoms with E-state index < -0.39 is 0 Å². The number of nitrogens with two attached hydrogens (primary N) is 1. The molecule has 0 aromatic carbocycles. The topological polar surface area (TPSA) is 59.2 Å². The van der Waals surface area contributed by atoms with Gasteiger partial charge in [0.15, 0.2) is 0 Å². The molecule has 0 spiro atoms. The molecule has 0 aliphatic carbocycles. The fraction of sp³-hybridized carbons (Fsp3) is 0.500. The monoisotopic (exact) mass is 219 g/mol. The summed E-state index contributed by atoms with van der Waals surface area (Å²) in [4.78, 5) is 18.0. The number of piperidine rings is 1. The lowest BCUT2D eigenvalue weighted by Gasteiger charge is -2.30. The summed E-state index contributed by atoms with van der Waals surface area (Å²) in [5.41, 5.74) is 6.63. The molecule has 0 radical (unpaired) electrons. The van der Waals surface area contributed by atoms with Gasteiger partial charge in [0.2, 0.25) is 5.91 Å². The SMILES string of the molecule is NC1CCN(C(=O)Cc2ccccn2)CC1. The molecular weight excluding hydrogens is 202 g/mol. The largest absolute Gasteiger partial charge is 0.342 e. The van der Waals surface area contributed by atoms with Crippen LogP contribution in [0.1, 0.15) is 18.5 Å². The second-order valence-corrected chi connectivity index (χ2v) is 4.22. The smallest absolute Gasteiger partial charge is 0.228 e. The van der Waals surface area contributed by atoms with Crippen LogP contribution in [-0.4, -0.2) is 34.9 Å². The lowest BCUT2D eigenvalue weighted by atomic mass is 10.1. The number of hydrogen-bond acceptors (Lipinski definition) is 3. The molecule has 1 saturated heterocycles. The van der Waals surface area contributed by atoms with E-state index in [1.54, 1.807) is 6.20 Å². The lowest BCUT2D eigenvalue weighted by Crippen LogP contribution is -2.43. The van der Waals surface area contributed by atoms with Gasteiger partial charge in [0.25, 0.3) is 0 Å². The van der Waals surface area contributed by atoms with Crippen molar-refractivity contribution in [1.29, 1.82) is 0 Å².